The maximum Gasteiger partial charge on any atom is 0.0491 e. The highest BCUT2D eigenvalue weighted by molar-refractivity contribution is 8.77. The average molecular weight is 771 g/mol. The Hall–Kier alpha value is -3.04. The predicted molar refractivity (Wildman–Crippen MR) is 244 cm³/mol. The van der Waals surface area contributed by atoms with Crippen LogP contribution in [0.15, 0.2) is 141 Å². The quantitative estimate of drug-likeness (QED) is 0.0541. The van der Waals surface area contributed by atoms with Gasteiger partial charge in [0, 0.05) is 72.0 Å². The summed E-state index contributed by atoms with van der Waals surface area (Å²) in [6, 6.07) is 41.4. The molecule has 0 N–H and O–H groups in total. The monoisotopic (exact) mass is 770 g/mol. The Morgan fingerprint density at radius 2 is 0.596 bits per heavy atom. The SMILES string of the molecule is CC(=NCCSSCCN=C(C)c1ccccc1)c1ccccc1.CCCN=C(C)c1ccccc1.CCCSSCCN=C(C)c1ccccc1. The molecule has 4 nitrogen and oxygen atoms in total. The van der Waals surface area contributed by atoms with Crippen molar-refractivity contribution in [3.63, 3.8) is 0 Å². The third kappa shape index (κ3) is 21.5. The summed E-state index contributed by atoms with van der Waals surface area (Å²) in [4.78, 5) is 18.3. The highest BCUT2D eigenvalue weighted by Crippen LogP contribution is 2.21. The summed E-state index contributed by atoms with van der Waals surface area (Å²) in [6.07, 6.45) is 2.37. The van der Waals surface area contributed by atoms with E-state index in [0.29, 0.717) is 0 Å². The van der Waals surface area contributed by atoms with E-state index < -0.39 is 0 Å². The lowest BCUT2D eigenvalue weighted by Crippen LogP contribution is -1.98. The van der Waals surface area contributed by atoms with Crippen LogP contribution in [0.1, 0.15) is 76.6 Å². The topological polar surface area (TPSA) is 49.4 Å². The molecule has 0 amide bonds. The Bertz CT molecular complexity index is 1520. The Labute approximate surface area is 331 Å². The van der Waals surface area contributed by atoms with Crippen molar-refractivity contribution in [2.24, 2.45) is 20.0 Å². The van der Waals surface area contributed by atoms with E-state index in [1.807, 2.05) is 79.6 Å². The van der Waals surface area contributed by atoms with Gasteiger partial charge >= 0.3 is 0 Å². The minimum absolute atomic E-state index is 0.866. The Morgan fingerprint density at radius 3 is 0.846 bits per heavy atom. The Morgan fingerprint density at radius 1 is 0.346 bits per heavy atom. The molecule has 0 fully saturated rings. The van der Waals surface area contributed by atoms with E-state index in [0.717, 1.165) is 72.7 Å². The van der Waals surface area contributed by atoms with Crippen molar-refractivity contribution >= 4 is 66.0 Å². The zero-order chi connectivity index (χ0) is 37.5. The second-order valence-electron chi connectivity index (χ2n) is 11.6. The molecule has 0 aliphatic heterocycles. The standard InChI is InChI=1S/C20H24N2S2.C13H19NS2.C11H15N/c1-17(19-9-5-3-6-10-19)21-13-15-23-24-16-14-22-18(2)20-11-7-4-8-12-20;1-3-10-15-16-11-9-14-12(2)13-7-5-4-6-8-13;1-3-9-12-10(2)11-7-5-4-6-8-11/h3-12H,13-16H2,1-2H3;4-8H,3,9-11H2,1-2H3;4-8H,3,9H2,1-2H3. The molecule has 0 aliphatic carbocycles. The first kappa shape index (κ1) is 45.1. The molecular weight excluding hydrogens is 713 g/mol. The largest absolute Gasteiger partial charge is 0.289 e. The van der Waals surface area contributed by atoms with Crippen LogP contribution in [0.5, 0.6) is 0 Å². The van der Waals surface area contributed by atoms with Crippen LogP contribution in [0, 0.1) is 0 Å². The van der Waals surface area contributed by atoms with Crippen molar-refractivity contribution in [2.75, 3.05) is 49.2 Å². The highest BCUT2D eigenvalue weighted by Gasteiger charge is 1.98. The summed E-state index contributed by atoms with van der Waals surface area (Å²) < 4.78 is 0. The minimum Gasteiger partial charge on any atom is -0.289 e. The molecule has 8 heteroatoms. The molecular formula is C44H58N4S4. The fourth-order valence-corrected chi connectivity index (χ4v) is 8.15. The second kappa shape index (κ2) is 30.4. The second-order valence-corrected chi connectivity index (χ2v) is 17.0. The van der Waals surface area contributed by atoms with Crippen molar-refractivity contribution in [3.8, 4) is 0 Å². The molecule has 0 unspecified atom stereocenters. The molecule has 52 heavy (non-hydrogen) atoms. The third-order valence-corrected chi connectivity index (χ3v) is 12.3. The van der Waals surface area contributed by atoms with Crippen LogP contribution in [0.4, 0.5) is 0 Å². The summed E-state index contributed by atoms with van der Waals surface area (Å²) in [5.41, 5.74) is 9.38. The molecule has 4 aromatic carbocycles. The van der Waals surface area contributed by atoms with Gasteiger partial charge in [-0.3, -0.25) is 20.0 Å². The molecule has 0 spiro atoms. The van der Waals surface area contributed by atoms with Crippen LogP contribution < -0.4 is 0 Å². The fraction of sp³-hybridized carbons (Fsp3) is 0.364. The smallest absolute Gasteiger partial charge is 0.0491 e. The summed E-state index contributed by atoms with van der Waals surface area (Å²) in [7, 11) is 7.63. The van der Waals surface area contributed by atoms with Gasteiger partial charge in [0.15, 0.2) is 0 Å². The molecule has 4 rings (SSSR count). The summed E-state index contributed by atoms with van der Waals surface area (Å²) in [5.74, 6) is 4.42. The maximum absolute atomic E-state index is 4.64. The van der Waals surface area contributed by atoms with E-state index in [2.05, 4.69) is 146 Å². The van der Waals surface area contributed by atoms with Crippen LogP contribution in [0.25, 0.3) is 0 Å². The number of aliphatic imine (C=N–C) groups is 4. The van der Waals surface area contributed by atoms with Crippen molar-refractivity contribution < 1.29 is 0 Å². The van der Waals surface area contributed by atoms with Gasteiger partial charge in [-0.15, -0.1) is 0 Å². The Kier molecular flexibility index (Phi) is 26.4. The molecule has 0 aromatic heterocycles. The van der Waals surface area contributed by atoms with E-state index >= 15 is 0 Å². The van der Waals surface area contributed by atoms with Gasteiger partial charge in [0.05, 0.1) is 0 Å². The van der Waals surface area contributed by atoms with E-state index in [1.165, 1.54) is 34.4 Å². The highest BCUT2D eigenvalue weighted by atomic mass is 33.1. The molecule has 0 radical (unpaired) electrons. The number of nitrogens with zero attached hydrogens (tertiary/aromatic N) is 4. The van der Waals surface area contributed by atoms with Gasteiger partial charge in [-0.2, -0.15) is 0 Å². The molecule has 0 saturated heterocycles. The number of benzene rings is 4. The van der Waals surface area contributed by atoms with E-state index in [9.17, 15) is 0 Å². The summed E-state index contributed by atoms with van der Waals surface area (Å²) in [5, 5.41) is 0. The first-order valence-corrected chi connectivity index (χ1v) is 23.2. The van der Waals surface area contributed by atoms with Crippen molar-refractivity contribution in [3.05, 3.63) is 144 Å². The molecule has 0 aliphatic rings. The molecule has 278 valence electrons. The number of hydrogen-bond donors (Lipinski definition) is 0. The van der Waals surface area contributed by atoms with Gasteiger partial charge in [0.25, 0.3) is 0 Å². The van der Waals surface area contributed by atoms with Crippen LogP contribution in [-0.2, 0) is 0 Å². The van der Waals surface area contributed by atoms with Crippen LogP contribution in [0.3, 0.4) is 0 Å². The fourth-order valence-electron chi connectivity index (χ4n) is 4.43. The van der Waals surface area contributed by atoms with Gasteiger partial charge in [-0.1, -0.05) is 178 Å². The molecule has 0 saturated carbocycles. The molecule has 0 heterocycles. The van der Waals surface area contributed by atoms with Gasteiger partial charge in [0.1, 0.15) is 0 Å². The van der Waals surface area contributed by atoms with Gasteiger partial charge < -0.3 is 0 Å². The van der Waals surface area contributed by atoms with Gasteiger partial charge in [-0.05, 0) is 62.8 Å². The van der Waals surface area contributed by atoms with Crippen molar-refractivity contribution in [1.29, 1.82) is 0 Å². The lowest BCUT2D eigenvalue weighted by Gasteiger charge is -2.02. The first-order valence-electron chi connectivity index (χ1n) is 18.2. The molecule has 0 bridgehead atoms. The van der Waals surface area contributed by atoms with E-state index in [-0.39, 0.29) is 0 Å². The minimum atomic E-state index is 0.866. The van der Waals surface area contributed by atoms with E-state index in [4.69, 9.17) is 0 Å². The average Bonchev–Trinajstić information content (AvgIpc) is 3.20. The first-order chi connectivity index (χ1) is 25.5. The predicted octanol–water partition coefficient (Wildman–Crippen LogP) is 12.6. The lowest BCUT2D eigenvalue weighted by atomic mass is 10.1. The normalized spacial score (nSPS) is 12.0. The number of hydrogen-bond acceptors (Lipinski definition) is 8. The lowest BCUT2D eigenvalue weighted by molar-refractivity contribution is 0.931. The maximum atomic E-state index is 4.64. The van der Waals surface area contributed by atoms with Crippen molar-refractivity contribution in [1.82, 2.24) is 0 Å². The molecule has 0 atom stereocenters. The zero-order valence-corrected chi connectivity index (χ0v) is 35.3. The molecule has 4 aromatic rings. The van der Waals surface area contributed by atoms with E-state index in [1.54, 1.807) is 0 Å². The summed E-state index contributed by atoms with van der Waals surface area (Å²) in [6.45, 7) is 16.2. The summed E-state index contributed by atoms with van der Waals surface area (Å²) >= 11 is 0. The zero-order valence-electron chi connectivity index (χ0n) is 32.0. The Balaban J connectivity index is 0.000000289. The van der Waals surface area contributed by atoms with Crippen LogP contribution >= 0.6 is 43.2 Å². The number of rotatable bonds is 19. The van der Waals surface area contributed by atoms with Crippen LogP contribution in [0.2, 0.25) is 0 Å². The van der Waals surface area contributed by atoms with Crippen molar-refractivity contribution in [2.45, 2.75) is 54.4 Å². The van der Waals surface area contributed by atoms with Gasteiger partial charge in [-0.25, -0.2) is 0 Å². The van der Waals surface area contributed by atoms with Gasteiger partial charge in [0.2, 0.25) is 0 Å². The third-order valence-electron chi connectivity index (χ3n) is 7.36. The van der Waals surface area contributed by atoms with Crippen LogP contribution in [-0.4, -0.2) is 72.0 Å².